The number of aryl methyl sites for hydroxylation is 1. The molecule has 1 aromatic carbocycles. The molecule has 0 saturated heterocycles. The molecule has 17 heavy (non-hydrogen) atoms. The summed E-state index contributed by atoms with van der Waals surface area (Å²) in [6, 6.07) is 2.05. The van der Waals surface area contributed by atoms with E-state index in [0.29, 0.717) is 0 Å². The predicted octanol–water partition coefficient (Wildman–Crippen LogP) is 2.26. The van der Waals surface area contributed by atoms with Crippen LogP contribution in [0.3, 0.4) is 0 Å². The van der Waals surface area contributed by atoms with Gasteiger partial charge in [-0.3, -0.25) is 0 Å². The highest BCUT2D eigenvalue weighted by Gasteiger charge is 2.20. The van der Waals surface area contributed by atoms with Gasteiger partial charge in [0.25, 0.3) is 0 Å². The smallest absolute Gasteiger partial charge is 0.124 e. The number of aliphatic hydroxyl groups excluding tert-OH is 1. The highest BCUT2D eigenvalue weighted by Crippen LogP contribution is 2.32. The first-order chi connectivity index (χ1) is 7.93. The lowest BCUT2D eigenvalue weighted by Crippen LogP contribution is -2.28. The number of hydrogen-bond donors (Lipinski definition) is 2. The number of ether oxygens (including phenoxy) is 1. The van der Waals surface area contributed by atoms with E-state index in [1.807, 2.05) is 14.0 Å². The van der Waals surface area contributed by atoms with Crippen molar-refractivity contribution < 1.29 is 9.84 Å². The van der Waals surface area contributed by atoms with Gasteiger partial charge in [0.15, 0.2) is 0 Å². The lowest BCUT2D eigenvalue weighted by atomic mass is 9.92. The molecule has 0 fully saturated rings. The molecule has 2 atom stereocenters. The van der Waals surface area contributed by atoms with Crippen molar-refractivity contribution in [2.45, 2.75) is 39.8 Å². The summed E-state index contributed by atoms with van der Waals surface area (Å²) < 4.78 is 5.40. The van der Waals surface area contributed by atoms with E-state index in [-0.39, 0.29) is 6.04 Å². The Kier molecular flexibility index (Phi) is 4.54. The van der Waals surface area contributed by atoms with E-state index < -0.39 is 6.10 Å². The minimum atomic E-state index is -0.425. The summed E-state index contributed by atoms with van der Waals surface area (Å²) in [7, 11) is 3.56. The third-order valence-electron chi connectivity index (χ3n) is 3.40. The summed E-state index contributed by atoms with van der Waals surface area (Å²) in [6.45, 7) is 7.96. The highest BCUT2D eigenvalue weighted by molar-refractivity contribution is 5.50. The van der Waals surface area contributed by atoms with Crippen molar-refractivity contribution in [1.82, 2.24) is 5.32 Å². The lowest BCUT2D eigenvalue weighted by molar-refractivity contribution is 0.149. The Hall–Kier alpha value is -1.06. The topological polar surface area (TPSA) is 41.5 Å². The monoisotopic (exact) mass is 237 g/mol. The number of methoxy groups -OCH3 is 1. The Balaban J connectivity index is 3.36. The molecular formula is C14H23NO2. The number of likely N-dealkylation sites (N-methyl/N-ethyl adjacent to an activating group) is 1. The van der Waals surface area contributed by atoms with Gasteiger partial charge in [-0.1, -0.05) is 6.07 Å². The van der Waals surface area contributed by atoms with Crippen molar-refractivity contribution in [3.05, 3.63) is 28.3 Å². The minimum Gasteiger partial charge on any atom is -0.496 e. The van der Waals surface area contributed by atoms with Crippen molar-refractivity contribution in [1.29, 1.82) is 0 Å². The molecule has 0 heterocycles. The molecule has 0 aliphatic carbocycles. The SMILES string of the molecule is CNC(c1cc(C)c(OC)c(C)c1C)C(C)O. The zero-order valence-electron chi connectivity index (χ0n) is 11.6. The maximum absolute atomic E-state index is 9.80. The molecule has 0 saturated carbocycles. The van der Waals surface area contributed by atoms with Crippen molar-refractivity contribution in [2.24, 2.45) is 0 Å². The fourth-order valence-corrected chi connectivity index (χ4v) is 2.38. The summed E-state index contributed by atoms with van der Waals surface area (Å²) in [5.74, 6) is 0.937. The van der Waals surface area contributed by atoms with Crippen LogP contribution in [-0.2, 0) is 0 Å². The average molecular weight is 237 g/mol. The molecule has 3 nitrogen and oxygen atoms in total. The molecular weight excluding hydrogens is 214 g/mol. The molecule has 0 aliphatic heterocycles. The molecule has 96 valence electrons. The number of nitrogens with one attached hydrogen (secondary N) is 1. The fourth-order valence-electron chi connectivity index (χ4n) is 2.38. The standard InChI is InChI=1S/C14H23NO2/c1-8-7-12(13(15-5)11(4)16)9(2)10(3)14(8)17-6/h7,11,13,15-16H,1-6H3. The van der Waals surface area contributed by atoms with Gasteiger partial charge in [-0.15, -0.1) is 0 Å². The van der Waals surface area contributed by atoms with Gasteiger partial charge in [0, 0.05) is 0 Å². The van der Waals surface area contributed by atoms with Gasteiger partial charge < -0.3 is 15.2 Å². The van der Waals surface area contributed by atoms with Gasteiger partial charge in [-0.2, -0.15) is 0 Å². The quantitative estimate of drug-likeness (QED) is 0.844. The van der Waals surface area contributed by atoms with Crippen LogP contribution in [0.1, 0.15) is 35.2 Å². The van der Waals surface area contributed by atoms with Gasteiger partial charge in [0.2, 0.25) is 0 Å². The van der Waals surface area contributed by atoms with E-state index in [1.54, 1.807) is 14.0 Å². The van der Waals surface area contributed by atoms with Crippen LogP contribution in [0.2, 0.25) is 0 Å². The summed E-state index contributed by atoms with van der Waals surface area (Å²) >= 11 is 0. The Morgan fingerprint density at radius 3 is 2.24 bits per heavy atom. The third kappa shape index (κ3) is 2.61. The number of benzene rings is 1. The van der Waals surface area contributed by atoms with Crippen LogP contribution in [0.15, 0.2) is 6.07 Å². The summed E-state index contributed by atoms with van der Waals surface area (Å²) in [5.41, 5.74) is 4.56. The molecule has 0 bridgehead atoms. The molecule has 0 spiro atoms. The van der Waals surface area contributed by atoms with Crippen molar-refractivity contribution in [3.63, 3.8) is 0 Å². The second kappa shape index (κ2) is 5.52. The number of hydrogen-bond acceptors (Lipinski definition) is 3. The molecule has 1 aromatic rings. The second-order valence-electron chi connectivity index (χ2n) is 4.57. The van der Waals surface area contributed by atoms with Gasteiger partial charge in [-0.25, -0.2) is 0 Å². The number of rotatable bonds is 4. The molecule has 2 N–H and O–H groups in total. The molecule has 0 radical (unpaired) electrons. The van der Waals surface area contributed by atoms with Crippen LogP contribution in [0, 0.1) is 20.8 Å². The number of aliphatic hydroxyl groups is 1. The molecule has 0 aromatic heterocycles. The second-order valence-corrected chi connectivity index (χ2v) is 4.57. The van der Waals surface area contributed by atoms with Gasteiger partial charge in [0.05, 0.1) is 19.3 Å². The van der Waals surface area contributed by atoms with Gasteiger partial charge in [-0.05, 0) is 57.0 Å². The molecule has 0 aliphatic rings. The fraction of sp³-hybridized carbons (Fsp3) is 0.571. The Morgan fingerprint density at radius 1 is 1.24 bits per heavy atom. The maximum Gasteiger partial charge on any atom is 0.124 e. The van der Waals surface area contributed by atoms with Gasteiger partial charge in [0.1, 0.15) is 5.75 Å². The molecule has 3 heteroatoms. The van der Waals surface area contributed by atoms with Crippen LogP contribution in [0.5, 0.6) is 5.75 Å². The van der Waals surface area contributed by atoms with E-state index in [0.717, 1.165) is 22.4 Å². The molecule has 1 rings (SSSR count). The highest BCUT2D eigenvalue weighted by atomic mass is 16.5. The maximum atomic E-state index is 9.80. The van der Waals surface area contributed by atoms with Crippen LogP contribution in [0.4, 0.5) is 0 Å². The predicted molar refractivity (Wildman–Crippen MR) is 70.7 cm³/mol. The average Bonchev–Trinajstić information content (AvgIpc) is 2.26. The van der Waals surface area contributed by atoms with Crippen molar-refractivity contribution >= 4 is 0 Å². The van der Waals surface area contributed by atoms with Crippen LogP contribution in [0.25, 0.3) is 0 Å². The largest absolute Gasteiger partial charge is 0.496 e. The summed E-state index contributed by atoms with van der Waals surface area (Å²) in [6.07, 6.45) is -0.425. The Labute approximate surface area is 104 Å². The van der Waals surface area contributed by atoms with Crippen molar-refractivity contribution in [3.8, 4) is 5.75 Å². The first-order valence-corrected chi connectivity index (χ1v) is 5.94. The van der Waals surface area contributed by atoms with Crippen molar-refractivity contribution in [2.75, 3.05) is 14.2 Å². The van der Waals surface area contributed by atoms with E-state index in [2.05, 4.69) is 25.2 Å². The molecule has 0 amide bonds. The third-order valence-corrected chi connectivity index (χ3v) is 3.40. The summed E-state index contributed by atoms with van der Waals surface area (Å²) in [5, 5.41) is 13.0. The van der Waals surface area contributed by atoms with E-state index in [1.165, 1.54) is 5.56 Å². The Morgan fingerprint density at radius 2 is 1.82 bits per heavy atom. The zero-order chi connectivity index (χ0) is 13.2. The zero-order valence-corrected chi connectivity index (χ0v) is 11.6. The molecule has 2 unspecified atom stereocenters. The van der Waals surface area contributed by atoms with E-state index in [9.17, 15) is 5.11 Å². The lowest BCUT2D eigenvalue weighted by Gasteiger charge is -2.24. The van der Waals surface area contributed by atoms with E-state index >= 15 is 0 Å². The summed E-state index contributed by atoms with van der Waals surface area (Å²) in [4.78, 5) is 0. The van der Waals surface area contributed by atoms with E-state index in [4.69, 9.17) is 4.74 Å². The normalized spacial score (nSPS) is 14.5. The first kappa shape index (κ1) is 14.0. The minimum absolute atomic E-state index is 0.0432. The van der Waals surface area contributed by atoms with Gasteiger partial charge >= 0.3 is 0 Å². The Bertz CT molecular complexity index is 400. The van der Waals surface area contributed by atoms with Crippen LogP contribution < -0.4 is 10.1 Å². The first-order valence-electron chi connectivity index (χ1n) is 5.94. The van der Waals surface area contributed by atoms with Crippen LogP contribution >= 0.6 is 0 Å². The van der Waals surface area contributed by atoms with Crippen LogP contribution in [-0.4, -0.2) is 25.4 Å².